The second-order valence-electron chi connectivity index (χ2n) is 3.79. The van der Waals surface area contributed by atoms with Crippen molar-refractivity contribution in [1.82, 2.24) is 20.3 Å². The highest BCUT2D eigenvalue weighted by atomic mass is 16.5. The van der Waals surface area contributed by atoms with E-state index in [2.05, 4.69) is 20.3 Å². The predicted molar refractivity (Wildman–Crippen MR) is 64.3 cm³/mol. The minimum Gasteiger partial charge on any atom is -0.478 e. The van der Waals surface area contributed by atoms with Crippen molar-refractivity contribution < 1.29 is 14.4 Å². The summed E-state index contributed by atoms with van der Waals surface area (Å²) in [5, 5.41) is 19.1. The standard InChI is InChI=1S/C12H8N4O3/c17-12(18)8-3-1-7(2-4-8)10-15-11(19-16-10)9-5-13-14-6-9/h1-6H,(H,13,14)(H,17,18). The van der Waals surface area contributed by atoms with Gasteiger partial charge in [0.2, 0.25) is 5.82 Å². The zero-order valence-corrected chi connectivity index (χ0v) is 9.57. The Labute approximate surface area is 106 Å². The molecule has 0 saturated carbocycles. The van der Waals surface area contributed by atoms with Crippen LogP contribution in [0.25, 0.3) is 22.8 Å². The third-order valence-electron chi connectivity index (χ3n) is 2.56. The van der Waals surface area contributed by atoms with Crippen LogP contribution in [0.4, 0.5) is 0 Å². The summed E-state index contributed by atoms with van der Waals surface area (Å²) < 4.78 is 5.10. The van der Waals surface area contributed by atoms with Crippen LogP contribution in [-0.4, -0.2) is 31.4 Å². The van der Waals surface area contributed by atoms with Gasteiger partial charge in [0.05, 0.1) is 17.3 Å². The highest BCUT2D eigenvalue weighted by Gasteiger charge is 2.11. The number of benzene rings is 1. The molecule has 94 valence electrons. The highest BCUT2D eigenvalue weighted by Crippen LogP contribution is 2.21. The molecule has 0 aliphatic carbocycles. The van der Waals surface area contributed by atoms with Gasteiger partial charge in [-0.2, -0.15) is 10.1 Å². The van der Waals surface area contributed by atoms with Crippen molar-refractivity contribution in [3.8, 4) is 22.8 Å². The number of carboxylic acid groups (broad SMARTS) is 1. The fraction of sp³-hybridized carbons (Fsp3) is 0. The number of H-pyrrole nitrogens is 1. The van der Waals surface area contributed by atoms with Crippen LogP contribution in [0.15, 0.2) is 41.2 Å². The Kier molecular flexibility index (Phi) is 2.57. The van der Waals surface area contributed by atoms with E-state index in [0.717, 1.165) is 0 Å². The van der Waals surface area contributed by atoms with Gasteiger partial charge in [0, 0.05) is 11.8 Å². The molecule has 0 atom stereocenters. The van der Waals surface area contributed by atoms with Gasteiger partial charge in [-0.25, -0.2) is 4.79 Å². The molecule has 3 rings (SSSR count). The largest absolute Gasteiger partial charge is 0.478 e. The first-order valence-corrected chi connectivity index (χ1v) is 5.40. The molecular weight excluding hydrogens is 248 g/mol. The molecule has 7 nitrogen and oxygen atoms in total. The summed E-state index contributed by atoms with van der Waals surface area (Å²) in [4.78, 5) is 15.0. The van der Waals surface area contributed by atoms with Crippen LogP contribution in [0.1, 0.15) is 10.4 Å². The lowest BCUT2D eigenvalue weighted by Crippen LogP contribution is -1.95. The lowest BCUT2D eigenvalue weighted by Gasteiger charge is -1.95. The van der Waals surface area contributed by atoms with Gasteiger partial charge in [0.15, 0.2) is 0 Å². The molecule has 19 heavy (non-hydrogen) atoms. The third-order valence-corrected chi connectivity index (χ3v) is 2.56. The molecule has 3 aromatic rings. The van der Waals surface area contributed by atoms with Crippen LogP contribution >= 0.6 is 0 Å². The second kappa shape index (κ2) is 4.37. The number of hydrogen-bond acceptors (Lipinski definition) is 5. The predicted octanol–water partition coefficient (Wildman–Crippen LogP) is 1.82. The molecular formula is C12H8N4O3. The van der Waals surface area contributed by atoms with Gasteiger partial charge in [0.1, 0.15) is 0 Å². The van der Waals surface area contributed by atoms with E-state index in [9.17, 15) is 4.79 Å². The molecule has 0 amide bonds. The summed E-state index contributed by atoms with van der Waals surface area (Å²) in [6, 6.07) is 6.25. The second-order valence-corrected chi connectivity index (χ2v) is 3.79. The smallest absolute Gasteiger partial charge is 0.335 e. The fourth-order valence-corrected chi connectivity index (χ4v) is 1.59. The number of carboxylic acids is 1. The van der Waals surface area contributed by atoms with Crippen molar-refractivity contribution in [1.29, 1.82) is 0 Å². The average Bonchev–Trinajstić information content (AvgIpc) is 3.10. The number of nitrogens with zero attached hydrogens (tertiary/aromatic N) is 3. The van der Waals surface area contributed by atoms with Gasteiger partial charge in [-0.15, -0.1) is 0 Å². The minimum absolute atomic E-state index is 0.210. The Morgan fingerprint density at radius 3 is 2.63 bits per heavy atom. The highest BCUT2D eigenvalue weighted by molar-refractivity contribution is 5.88. The van der Waals surface area contributed by atoms with Crippen LogP contribution in [0, 0.1) is 0 Å². The topological polar surface area (TPSA) is 105 Å². The molecule has 0 aliphatic rings. The summed E-state index contributed by atoms with van der Waals surface area (Å²) >= 11 is 0. The van der Waals surface area contributed by atoms with Crippen LogP contribution in [0.5, 0.6) is 0 Å². The van der Waals surface area contributed by atoms with Gasteiger partial charge in [-0.1, -0.05) is 17.3 Å². The maximum absolute atomic E-state index is 10.7. The van der Waals surface area contributed by atoms with Crippen LogP contribution in [0.3, 0.4) is 0 Å². The molecule has 0 aliphatic heterocycles. The maximum Gasteiger partial charge on any atom is 0.335 e. The maximum atomic E-state index is 10.7. The number of rotatable bonds is 3. The third kappa shape index (κ3) is 2.08. The average molecular weight is 256 g/mol. The van der Waals surface area contributed by atoms with E-state index in [0.29, 0.717) is 22.8 Å². The van der Waals surface area contributed by atoms with E-state index >= 15 is 0 Å². The van der Waals surface area contributed by atoms with Crippen molar-refractivity contribution in [3.63, 3.8) is 0 Å². The number of aromatic nitrogens is 4. The van der Waals surface area contributed by atoms with E-state index in [4.69, 9.17) is 9.63 Å². The fourth-order valence-electron chi connectivity index (χ4n) is 1.59. The molecule has 0 saturated heterocycles. The Morgan fingerprint density at radius 1 is 1.21 bits per heavy atom. The lowest BCUT2D eigenvalue weighted by molar-refractivity contribution is 0.0697. The number of hydrogen-bond donors (Lipinski definition) is 2. The molecule has 0 bridgehead atoms. The summed E-state index contributed by atoms with van der Waals surface area (Å²) in [7, 11) is 0. The Bertz CT molecular complexity index is 701. The van der Waals surface area contributed by atoms with Crippen LogP contribution in [0.2, 0.25) is 0 Å². The van der Waals surface area contributed by atoms with Gasteiger partial charge < -0.3 is 9.63 Å². The summed E-state index contributed by atoms with van der Waals surface area (Å²) in [5.41, 5.74) is 1.59. The summed E-state index contributed by atoms with van der Waals surface area (Å²) in [6.45, 7) is 0. The van der Waals surface area contributed by atoms with Crippen molar-refractivity contribution >= 4 is 5.97 Å². The van der Waals surface area contributed by atoms with Gasteiger partial charge >= 0.3 is 5.97 Å². The Hall–Kier alpha value is -2.96. The normalized spacial score (nSPS) is 10.5. The van der Waals surface area contributed by atoms with Crippen molar-refractivity contribution in [2.24, 2.45) is 0 Å². The van der Waals surface area contributed by atoms with Crippen LogP contribution < -0.4 is 0 Å². The van der Waals surface area contributed by atoms with Gasteiger partial charge in [-0.05, 0) is 12.1 Å². The zero-order chi connectivity index (χ0) is 13.2. The molecule has 0 fully saturated rings. The Balaban J connectivity index is 1.92. The molecule has 0 radical (unpaired) electrons. The SMILES string of the molecule is O=C(O)c1ccc(-c2noc(-c3cn[nH]c3)n2)cc1. The first-order chi connectivity index (χ1) is 9.24. The van der Waals surface area contributed by atoms with E-state index in [-0.39, 0.29) is 5.56 Å². The summed E-state index contributed by atoms with van der Waals surface area (Å²) in [6.07, 6.45) is 3.22. The van der Waals surface area contributed by atoms with Crippen molar-refractivity contribution in [2.45, 2.75) is 0 Å². The van der Waals surface area contributed by atoms with E-state index < -0.39 is 5.97 Å². The zero-order valence-electron chi connectivity index (χ0n) is 9.57. The quantitative estimate of drug-likeness (QED) is 0.740. The molecule has 0 unspecified atom stereocenters. The van der Waals surface area contributed by atoms with E-state index in [1.165, 1.54) is 12.1 Å². The molecule has 2 N–H and O–H groups in total. The van der Waals surface area contributed by atoms with Crippen molar-refractivity contribution in [2.75, 3.05) is 0 Å². The molecule has 2 aromatic heterocycles. The monoisotopic (exact) mass is 256 g/mol. The first kappa shape index (κ1) is 11.1. The molecule has 0 spiro atoms. The van der Waals surface area contributed by atoms with Crippen LogP contribution in [-0.2, 0) is 0 Å². The van der Waals surface area contributed by atoms with Gasteiger partial charge in [-0.3, -0.25) is 5.10 Å². The van der Waals surface area contributed by atoms with Gasteiger partial charge in [0.25, 0.3) is 5.89 Å². The number of aromatic carboxylic acids is 1. The minimum atomic E-state index is -0.973. The molecule has 7 heteroatoms. The number of carbonyl (C=O) groups is 1. The lowest BCUT2D eigenvalue weighted by atomic mass is 10.1. The summed E-state index contributed by atoms with van der Waals surface area (Å²) in [5.74, 6) is -0.224. The Morgan fingerprint density at radius 2 is 2.00 bits per heavy atom. The molecule has 2 heterocycles. The number of aromatic amines is 1. The first-order valence-electron chi connectivity index (χ1n) is 5.40. The van der Waals surface area contributed by atoms with E-state index in [1.54, 1.807) is 24.5 Å². The van der Waals surface area contributed by atoms with Crippen molar-refractivity contribution in [3.05, 3.63) is 42.2 Å². The number of nitrogens with one attached hydrogen (secondary N) is 1. The van der Waals surface area contributed by atoms with E-state index in [1.807, 2.05) is 0 Å². The molecule has 1 aromatic carbocycles.